The van der Waals surface area contributed by atoms with Crippen LogP contribution in [-0.2, 0) is 47.7 Å². The van der Waals surface area contributed by atoms with Gasteiger partial charge < -0.3 is 50.0 Å². The fourth-order valence-electron chi connectivity index (χ4n) is 5.29. The lowest BCUT2D eigenvalue weighted by atomic mass is 10.0. The van der Waals surface area contributed by atoms with Crippen LogP contribution in [0, 0.1) is 0 Å². The summed E-state index contributed by atoms with van der Waals surface area (Å²) in [5.74, 6) is -5.19. The number of carbonyl (C=O) groups excluding carboxylic acids is 6. The fraction of sp³-hybridized carbons (Fsp3) is 0.611. The Morgan fingerprint density at radius 2 is 0.712 bits per heavy atom. The molecule has 16 nitrogen and oxygen atoms in total. The molecule has 290 valence electrons. The Hall–Kier alpha value is -4.38. The van der Waals surface area contributed by atoms with Gasteiger partial charge in [-0.1, -0.05) is 26.3 Å². The van der Waals surface area contributed by atoms with Gasteiger partial charge in [-0.25, -0.2) is 0 Å². The van der Waals surface area contributed by atoms with Crippen molar-refractivity contribution in [1.29, 1.82) is 0 Å². The second-order valence-corrected chi connectivity index (χ2v) is 13.8. The van der Waals surface area contributed by atoms with Gasteiger partial charge >= 0.3 is 0 Å². The molecule has 0 bridgehead atoms. The lowest BCUT2D eigenvalue weighted by Gasteiger charge is -2.31. The maximum absolute atomic E-state index is 14.3. The summed E-state index contributed by atoms with van der Waals surface area (Å²) in [5, 5.41) is 10.8. The molecule has 0 aliphatic carbocycles. The van der Waals surface area contributed by atoms with Gasteiger partial charge in [-0.3, -0.25) is 28.8 Å². The monoisotopic (exact) mass is 732 g/mol. The summed E-state index contributed by atoms with van der Waals surface area (Å²) in [4.78, 5) is 80.1. The maximum Gasteiger partial charge on any atom is 0.254 e. The predicted molar refractivity (Wildman–Crippen MR) is 192 cm³/mol. The van der Waals surface area contributed by atoms with Crippen LogP contribution in [0.5, 0.6) is 0 Å². The highest BCUT2D eigenvalue weighted by atomic mass is 16.8. The van der Waals surface area contributed by atoms with Crippen molar-refractivity contribution in [1.82, 2.24) is 31.1 Å². The Balaban J connectivity index is 2.41. The molecule has 2 aliphatic rings. The smallest absolute Gasteiger partial charge is 0.254 e. The van der Waals surface area contributed by atoms with E-state index >= 15 is 0 Å². The van der Waals surface area contributed by atoms with Crippen molar-refractivity contribution in [3.05, 3.63) is 48.6 Å². The summed E-state index contributed by atoms with van der Waals surface area (Å²) in [6.07, 6.45) is -4.88. The van der Waals surface area contributed by atoms with Gasteiger partial charge in [0.05, 0.1) is 0 Å². The minimum Gasteiger partial charge on any atom is -0.351 e. The van der Waals surface area contributed by atoms with E-state index < -0.39 is 47.8 Å². The zero-order valence-electron chi connectivity index (χ0n) is 31.8. The van der Waals surface area contributed by atoms with Crippen LogP contribution in [0.2, 0.25) is 0 Å². The predicted octanol–water partition coefficient (Wildman–Crippen LogP) is 0.453. The molecule has 4 N–H and O–H groups in total. The second kappa shape index (κ2) is 18.9. The van der Waals surface area contributed by atoms with Gasteiger partial charge in [0, 0.05) is 74.7 Å². The van der Waals surface area contributed by atoms with Gasteiger partial charge in [0.1, 0.15) is 12.2 Å². The van der Waals surface area contributed by atoms with Crippen molar-refractivity contribution < 1.29 is 47.7 Å². The third-order valence-corrected chi connectivity index (χ3v) is 7.91. The zero-order chi connectivity index (χ0) is 39.6. The molecule has 2 rings (SSSR count). The Kier molecular flexibility index (Phi) is 15.9. The molecule has 6 amide bonds. The van der Waals surface area contributed by atoms with E-state index in [1.165, 1.54) is 9.80 Å². The first-order chi connectivity index (χ1) is 24.1. The van der Waals surface area contributed by atoms with E-state index in [1.54, 1.807) is 55.4 Å². The van der Waals surface area contributed by atoms with Crippen LogP contribution in [-0.4, -0.2) is 134 Å². The molecule has 0 spiro atoms. The van der Waals surface area contributed by atoms with Crippen molar-refractivity contribution in [2.45, 2.75) is 91.4 Å². The highest BCUT2D eigenvalue weighted by molar-refractivity contribution is 5.93. The molecule has 0 aromatic heterocycles. The van der Waals surface area contributed by atoms with E-state index in [2.05, 4.69) is 47.6 Å². The van der Waals surface area contributed by atoms with Gasteiger partial charge in [0.15, 0.2) is 23.8 Å². The molecule has 2 fully saturated rings. The van der Waals surface area contributed by atoms with Crippen molar-refractivity contribution in [3.8, 4) is 0 Å². The molecular weight excluding hydrogens is 676 g/mol. The van der Waals surface area contributed by atoms with E-state index in [1.807, 2.05) is 0 Å². The van der Waals surface area contributed by atoms with Crippen molar-refractivity contribution in [3.63, 3.8) is 0 Å². The van der Waals surface area contributed by atoms with Crippen LogP contribution in [0.15, 0.2) is 48.6 Å². The Morgan fingerprint density at radius 3 is 0.923 bits per heavy atom. The number of hydrogen-bond acceptors (Lipinski definition) is 10. The average molecular weight is 733 g/mol. The standard InChI is InChI=1S/C36H56N6O10/c1-21(2)29(43)37-13-17-41(18-14-38-30(44)22(3)4)33(47)27-25(49-35(9,10)51-27)26-28(52-36(11,12)50-26)34(48)42(19-15-39-31(45)23(5)6)20-16-40-32(46)24(7)8/h25-28H,1,3,5,7,13-20H2,2,4,6,8-12H3,(H,37,43)(H,38,44)(H,39,45)(H,40,46)/t25-,26+,27+,28-. The maximum atomic E-state index is 14.3. The molecule has 2 heterocycles. The van der Waals surface area contributed by atoms with Gasteiger partial charge in [-0.05, 0) is 55.4 Å². The third kappa shape index (κ3) is 13.0. The Bertz CT molecular complexity index is 1270. The molecule has 0 aromatic rings. The highest BCUT2D eigenvalue weighted by Crippen LogP contribution is 2.39. The average Bonchev–Trinajstić information content (AvgIpc) is 3.56. The van der Waals surface area contributed by atoms with Crippen molar-refractivity contribution >= 4 is 35.4 Å². The highest BCUT2D eigenvalue weighted by Gasteiger charge is 2.58. The number of nitrogens with zero attached hydrogens (tertiary/aromatic N) is 2. The van der Waals surface area contributed by atoms with E-state index in [4.69, 9.17) is 18.9 Å². The van der Waals surface area contributed by atoms with Crippen LogP contribution >= 0.6 is 0 Å². The first kappa shape index (κ1) is 43.8. The van der Waals surface area contributed by atoms with E-state index in [0.29, 0.717) is 22.3 Å². The number of nitrogens with one attached hydrogen (secondary N) is 4. The molecule has 0 radical (unpaired) electrons. The van der Waals surface area contributed by atoms with Gasteiger partial charge in [-0.15, -0.1) is 0 Å². The number of rotatable bonds is 19. The topological polar surface area (TPSA) is 194 Å². The minimum absolute atomic E-state index is 0.0449. The van der Waals surface area contributed by atoms with E-state index in [-0.39, 0.29) is 76.0 Å². The number of carbonyl (C=O) groups is 6. The molecule has 0 unspecified atom stereocenters. The molecule has 2 aliphatic heterocycles. The van der Waals surface area contributed by atoms with E-state index in [0.717, 1.165) is 0 Å². The molecule has 16 heteroatoms. The van der Waals surface area contributed by atoms with Crippen molar-refractivity contribution in [2.24, 2.45) is 0 Å². The Labute approximate surface area is 306 Å². The number of ether oxygens (including phenoxy) is 4. The van der Waals surface area contributed by atoms with E-state index in [9.17, 15) is 28.8 Å². The Morgan fingerprint density at radius 1 is 0.481 bits per heavy atom. The summed E-state index contributed by atoms with van der Waals surface area (Å²) in [5.41, 5.74) is 1.18. The third-order valence-electron chi connectivity index (χ3n) is 7.91. The van der Waals surface area contributed by atoms with Gasteiger partial charge in [-0.2, -0.15) is 0 Å². The summed E-state index contributed by atoms with van der Waals surface area (Å²) >= 11 is 0. The van der Waals surface area contributed by atoms with Crippen LogP contribution < -0.4 is 21.3 Å². The molecular formula is C36H56N6O10. The summed E-state index contributed by atoms with van der Waals surface area (Å²) < 4.78 is 24.8. The van der Waals surface area contributed by atoms with Gasteiger partial charge in [0.2, 0.25) is 23.6 Å². The SMILES string of the molecule is C=C(C)C(=O)NCCN(CCNC(=O)C(=C)C)C(=O)[C@H]1OC(C)(C)O[C@@H]1[C@@H]1OC(C)(C)O[C@H]1C(=O)N(CCNC(=O)C(=C)C)CCNC(=O)C(=C)C. The first-order valence-corrected chi connectivity index (χ1v) is 17.1. The van der Waals surface area contributed by atoms with Crippen LogP contribution in [0.4, 0.5) is 0 Å². The number of amides is 6. The molecule has 0 aromatic carbocycles. The first-order valence-electron chi connectivity index (χ1n) is 17.1. The molecule has 52 heavy (non-hydrogen) atoms. The lowest BCUT2D eigenvalue weighted by Crippen LogP contribution is -2.55. The summed E-state index contributed by atoms with van der Waals surface area (Å²) in [6, 6.07) is 0. The normalized spacial score (nSPS) is 21.3. The van der Waals surface area contributed by atoms with Gasteiger partial charge in [0.25, 0.3) is 11.8 Å². The second-order valence-electron chi connectivity index (χ2n) is 13.8. The van der Waals surface area contributed by atoms with Crippen LogP contribution in [0.25, 0.3) is 0 Å². The number of hydrogen-bond donors (Lipinski definition) is 4. The molecule has 4 atom stereocenters. The summed E-state index contributed by atoms with van der Waals surface area (Å²) in [6.45, 7) is 27.7. The summed E-state index contributed by atoms with van der Waals surface area (Å²) in [7, 11) is 0. The van der Waals surface area contributed by atoms with Crippen LogP contribution in [0.3, 0.4) is 0 Å². The zero-order valence-corrected chi connectivity index (χ0v) is 31.8. The lowest BCUT2D eigenvalue weighted by molar-refractivity contribution is -0.176. The quantitative estimate of drug-likeness (QED) is 0.136. The largest absolute Gasteiger partial charge is 0.351 e. The fourth-order valence-corrected chi connectivity index (χ4v) is 5.29. The minimum atomic E-state index is -1.29. The molecule has 0 saturated carbocycles. The molecule has 2 saturated heterocycles. The van der Waals surface area contributed by atoms with Crippen molar-refractivity contribution in [2.75, 3.05) is 52.4 Å². The van der Waals surface area contributed by atoms with Crippen LogP contribution in [0.1, 0.15) is 55.4 Å².